The summed E-state index contributed by atoms with van der Waals surface area (Å²) in [6.07, 6.45) is 0. The summed E-state index contributed by atoms with van der Waals surface area (Å²) in [5.41, 5.74) is 0. The van der Waals surface area contributed by atoms with Gasteiger partial charge in [0.1, 0.15) is 5.92 Å². The molecule has 0 amide bonds. The molecule has 0 bridgehead atoms. The first kappa shape index (κ1) is 11.6. The van der Waals surface area contributed by atoms with E-state index in [2.05, 4.69) is 10.1 Å². The second-order valence-corrected chi connectivity index (χ2v) is 2.47. The van der Waals surface area contributed by atoms with Crippen LogP contribution in [-0.4, -0.2) is 32.1 Å². The molecule has 0 aromatic heterocycles. The largest absolute Gasteiger partial charge is 0.469 e. The zero-order chi connectivity index (χ0) is 8.48. The summed E-state index contributed by atoms with van der Waals surface area (Å²) in [6, 6.07) is 0. The fraction of sp³-hybridized carbons (Fsp3) is 0.833. The molecule has 1 saturated heterocycles. The lowest BCUT2D eigenvalue weighted by molar-refractivity contribution is -0.155. The topological polar surface area (TPSA) is 38.3 Å². The number of ether oxygens (including phenoxy) is 1. The molecule has 1 unspecified atom stereocenters. The fourth-order valence-electron chi connectivity index (χ4n) is 1.05. The van der Waals surface area contributed by atoms with Gasteiger partial charge in [-0.15, -0.1) is 12.4 Å². The number of methoxy groups -OCH3 is 1. The Morgan fingerprint density at radius 2 is 2.25 bits per heavy atom. The Labute approximate surface area is 74.9 Å². The normalized spacial score (nSPS) is 26.1. The predicted octanol–water partition coefficient (Wildman–Crippen LogP) is 0.436. The van der Waals surface area contributed by atoms with Crippen molar-refractivity contribution in [3.8, 4) is 0 Å². The lowest BCUT2D eigenvalue weighted by Gasteiger charge is -2.14. The second-order valence-electron chi connectivity index (χ2n) is 2.47. The molecule has 0 aliphatic carbocycles. The highest BCUT2D eigenvalue weighted by Crippen LogP contribution is 2.28. The molecule has 0 aromatic rings. The van der Waals surface area contributed by atoms with Gasteiger partial charge < -0.3 is 10.1 Å². The van der Waals surface area contributed by atoms with Crippen LogP contribution in [0.5, 0.6) is 0 Å². The molecule has 6 heteroatoms. The van der Waals surface area contributed by atoms with Gasteiger partial charge in [-0.05, 0) is 0 Å². The second kappa shape index (κ2) is 4.00. The fourth-order valence-corrected chi connectivity index (χ4v) is 1.05. The maximum atomic E-state index is 12.7. The third-order valence-corrected chi connectivity index (χ3v) is 1.70. The zero-order valence-corrected chi connectivity index (χ0v) is 7.29. The predicted molar refractivity (Wildman–Crippen MR) is 40.6 cm³/mol. The van der Waals surface area contributed by atoms with E-state index >= 15 is 0 Å². The van der Waals surface area contributed by atoms with Gasteiger partial charge >= 0.3 is 5.97 Å². The summed E-state index contributed by atoms with van der Waals surface area (Å²) in [5.74, 6) is -5.11. The van der Waals surface area contributed by atoms with Crippen molar-refractivity contribution < 1.29 is 18.3 Å². The highest BCUT2D eigenvalue weighted by atomic mass is 35.5. The molecular formula is C6H10ClF2NO2. The average molecular weight is 202 g/mol. The molecule has 0 spiro atoms. The van der Waals surface area contributed by atoms with Gasteiger partial charge in [-0.1, -0.05) is 0 Å². The molecule has 1 heterocycles. The van der Waals surface area contributed by atoms with Crippen LogP contribution in [0.1, 0.15) is 0 Å². The molecule has 1 atom stereocenters. The molecule has 1 fully saturated rings. The molecule has 1 rings (SSSR count). The Balaban J connectivity index is 0.00000121. The lowest BCUT2D eigenvalue weighted by atomic mass is 10.1. The molecule has 1 aliphatic rings. The van der Waals surface area contributed by atoms with Crippen LogP contribution in [0.25, 0.3) is 0 Å². The van der Waals surface area contributed by atoms with Gasteiger partial charge in [-0.25, -0.2) is 8.78 Å². The minimum atomic E-state index is -2.95. The first-order chi connectivity index (χ1) is 5.08. The van der Waals surface area contributed by atoms with E-state index in [1.165, 1.54) is 0 Å². The van der Waals surface area contributed by atoms with Crippen molar-refractivity contribution in [3.05, 3.63) is 0 Å². The first-order valence-corrected chi connectivity index (χ1v) is 3.24. The Morgan fingerprint density at radius 1 is 1.67 bits per heavy atom. The van der Waals surface area contributed by atoms with E-state index in [1.807, 2.05) is 0 Å². The Morgan fingerprint density at radius 3 is 2.58 bits per heavy atom. The van der Waals surface area contributed by atoms with Crippen molar-refractivity contribution in [2.45, 2.75) is 5.92 Å². The van der Waals surface area contributed by atoms with Crippen molar-refractivity contribution >= 4 is 18.4 Å². The number of hydrogen-bond acceptors (Lipinski definition) is 3. The summed E-state index contributed by atoms with van der Waals surface area (Å²) in [7, 11) is 1.11. The molecule has 72 valence electrons. The summed E-state index contributed by atoms with van der Waals surface area (Å²) < 4.78 is 29.6. The minimum Gasteiger partial charge on any atom is -0.469 e. The summed E-state index contributed by atoms with van der Waals surface area (Å²) in [5, 5.41) is 2.43. The van der Waals surface area contributed by atoms with Crippen molar-refractivity contribution in [2.75, 3.05) is 20.2 Å². The third-order valence-electron chi connectivity index (χ3n) is 1.70. The highest BCUT2D eigenvalue weighted by molar-refractivity contribution is 5.85. The molecule has 0 saturated carbocycles. The smallest absolute Gasteiger partial charge is 0.316 e. The number of nitrogens with one attached hydrogen (secondary N) is 1. The van der Waals surface area contributed by atoms with E-state index in [1.54, 1.807) is 0 Å². The Kier molecular flexibility index (Phi) is 3.86. The van der Waals surface area contributed by atoms with Crippen molar-refractivity contribution in [1.29, 1.82) is 0 Å². The maximum Gasteiger partial charge on any atom is 0.316 e. The van der Waals surface area contributed by atoms with Crippen LogP contribution in [0.3, 0.4) is 0 Å². The van der Waals surface area contributed by atoms with Gasteiger partial charge in [0, 0.05) is 6.54 Å². The van der Waals surface area contributed by atoms with Crippen LogP contribution in [0.4, 0.5) is 8.78 Å². The molecule has 0 aromatic carbocycles. The number of alkyl halides is 2. The van der Waals surface area contributed by atoms with E-state index in [9.17, 15) is 13.6 Å². The molecule has 3 nitrogen and oxygen atoms in total. The van der Waals surface area contributed by atoms with Crippen LogP contribution >= 0.6 is 12.4 Å². The van der Waals surface area contributed by atoms with Crippen LogP contribution in [0, 0.1) is 5.92 Å². The maximum absolute atomic E-state index is 12.7. The number of esters is 1. The molecule has 1 aliphatic heterocycles. The van der Waals surface area contributed by atoms with Crippen molar-refractivity contribution in [3.63, 3.8) is 0 Å². The van der Waals surface area contributed by atoms with E-state index in [-0.39, 0.29) is 19.0 Å². The Bertz CT molecular complexity index is 177. The number of carbonyl (C=O) groups excluding carboxylic acids is 1. The minimum absolute atomic E-state index is 0. The van der Waals surface area contributed by atoms with Crippen molar-refractivity contribution in [2.24, 2.45) is 5.92 Å². The quantitative estimate of drug-likeness (QED) is 0.626. The highest BCUT2D eigenvalue weighted by Gasteiger charge is 2.48. The first-order valence-electron chi connectivity index (χ1n) is 3.24. The summed E-state index contributed by atoms with van der Waals surface area (Å²) in [6.45, 7) is -0.438. The van der Waals surface area contributed by atoms with Crippen LogP contribution in [-0.2, 0) is 9.53 Å². The van der Waals surface area contributed by atoms with E-state index < -0.39 is 24.4 Å². The summed E-state index contributed by atoms with van der Waals surface area (Å²) in [4.78, 5) is 10.7. The van der Waals surface area contributed by atoms with Crippen LogP contribution in [0.2, 0.25) is 0 Å². The van der Waals surface area contributed by atoms with Crippen molar-refractivity contribution in [1.82, 2.24) is 5.32 Å². The third kappa shape index (κ3) is 2.04. The van der Waals surface area contributed by atoms with Gasteiger partial charge in [0.15, 0.2) is 0 Å². The standard InChI is InChI=1S/C6H9F2NO2.ClH/c1-11-5(10)4-2-9-3-6(4,7)8;/h4,9H,2-3H2,1H3;1H. The van der Waals surface area contributed by atoms with Gasteiger partial charge in [0.25, 0.3) is 5.92 Å². The number of halogens is 3. The molecular weight excluding hydrogens is 192 g/mol. The van der Waals surface area contributed by atoms with E-state index in [0.29, 0.717) is 0 Å². The van der Waals surface area contributed by atoms with Crippen LogP contribution < -0.4 is 5.32 Å². The lowest BCUT2D eigenvalue weighted by Crippen LogP contribution is -2.33. The van der Waals surface area contributed by atoms with Gasteiger partial charge in [-0.3, -0.25) is 4.79 Å². The van der Waals surface area contributed by atoms with Gasteiger partial charge in [0.2, 0.25) is 0 Å². The summed E-state index contributed by atoms with van der Waals surface area (Å²) >= 11 is 0. The molecule has 0 radical (unpaired) electrons. The van der Waals surface area contributed by atoms with Crippen LogP contribution in [0.15, 0.2) is 0 Å². The van der Waals surface area contributed by atoms with Gasteiger partial charge in [0.05, 0.1) is 13.7 Å². The number of rotatable bonds is 1. The van der Waals surface area contributed by atoms with E-state index in [0.717, 1.165) is 7.11 Å². The number of carbonyl (C=O) groups is 1. The number of hydrogen-bond donors (Lipinski definition) is 1. The zero-order valence-electron chi connectivity index (χ0n) is 6.47. The SMILES string of the molecule is COC(=O)C1CNCC1(F)F.Cl. The monoisotopic (exact) mass is 201 g/mol. The molecule has 12 heavy (non-hydrogen) atoms. The average Bonchev–Trinajstić information content (AvgIpc) is 2.28. The molecule has 1 N–H and O–H groups in total. The Hall–Kier alpha value is -0.420. The van der Waals surface area contributed by atoms with E-state index in [4.69, 9.17) is 0 Å². The van der Waals surface area contributed by atoms with Gasteiger partial charge in [-0.2, -0.15) is 0 Å².